The molecule has 26 heavy (non-hydrogen) atoms. The smallest absolute Gasteiger partial charge is 0.337 e. The number of hydrogen-bond donors (Lipinski definition) is 1. The third-order valence-corrected chi connectivity index (χ3v) is 6.39. The molecule has 10 heteroatoms. The Kier molecular flexibility index (Phi) is 4.78. The third-order valence-electron chi connectivity index (χ3n) is 3.71. The highest BCUT2D eigenvalue weighted by molar-refractivity contribution is 7.92. The van der Waals surface area contributed by atoms with Gasteiger partial charge in [0.2, 0.25) is 0 Å². The zero-order valence-electron chi connectivity index (χ0n) is 13.6. The van der Waals surface area contributed by atoms with Crippen molar-refractivity contribution in [3.05, 3.63) is 56.7 Å². The lowest BCUT2D eigenvalue weighted by Gasteiger charge is -2.11. The van der Waals surface area contributed by atoms with Gasteiger partial charge in [-0.15, -0.1) is 0 Å². The summed E-state index contributed by atoms with van der Waals surface area (Å²) >= 11 is 6.99. The maximum absolute atomic E-state index is 12.7. The van der Waals surface area contributed by atoms with Crippen molar-refractivity contribution in [1.82, 2.24) is 4.57 Å². The number of rotatable bonds is 4. The first-order valence-corrected chi connectivity index (χ1v) is 9.91. The molecule has 1 aromatic heterocycles. The van der Waals surface area contributed by atoms with Crippen LogP contribution in [0.25, 0.3) is 10.2 Å². The molecule has 7 nitrogen and oxygen atoms in total. The second kappa shape index (κ2) is 6.75. The van der Waals surface area contributed by atoms with Crippen molar-refractivity contribution in [2.75, 3.05) is 11.8 Å². The summed E-state index contributed by atoms with van der Waals surface area (Å²) in [6, 6.07) is 8.51. The average molecular weight is 413 g/mol. The summed E-state index contributed by atoms with van der Waals surface area (Å²) in [6.45, 7) is 0. The molecule has 3 rings (SSSR count). The van der Waals surface area contributed by atoms with Crippen LogP contribution in [0.3, 0.4) is 0 Å². The van der Waals surface area contributed by atoms with E-state index in [0.29, 0.717) is 10.2 Å². The number of benzene rings is 2. The lowest BCUT2D eigenvalue weighted by atomic mass is 10.2. The van der Waals surface area contributed by atoms with Crippen LogP contribution in [0, 0.1) is 0 Å². The predicted octanol–water partition coefficient (Wildman–Crippen LogP) is 2.84. The molecule has 3 aromatic rings. The quantitative estimate of drug-likeness (QED) is 0.665. The Morgan fingerprint density at radius 1 is 1.23 bits per heavy atom. The summed E-state index contributed by atoms with van der Waals surface area (Å²) in [6.07, 6.45) is 0. The lowest BCUT2D eigenvalue weighted by molar-refractivity contribution is 0.0601. The van der Waals surface area contributed by atoms with Crippen molar-refractivity contribution in [3.63, 3.8) is 0 Å². The number of thiazole rings is 1. The van der Waals surface area contributed by atoms with Gasteiger partial charge in [-0.3, -0.25) is 9.52 Å². The summed E-state index contributed by atoms with van der Waals surface area (Å²) < 4.78 is 34.3. The molecule has 0 radical (unpaired) electrons. The number of nitrogens with zero attached hydrogens (tertiary/aromatic N) is 1. The van der Waals surface area contributed by atoms with Gasteiger partial charge < -0.3 is 9.30 Å². The van der Waals surface area contributed by atoms with E-state index in [1.807, 2.05) is 0 Å². The van der Waals surface area contributed by atoms with E-state index in [4.69, 9.17) is 11.6 Å². The number of aromatic nitrogens is 1. The zero-order valence-corrected chi connectivity index (χ0v) is 16.0. The molecular weight excluding hydrogens is 400 g/mol. The van der Waals surface area contributed by atoms with Crippen LogP contribution in [-0.4, -0.2) is 26.1 Å². The van der Waals surface area contributed by atoms with E-state index in [1.165, 1.54) is 42.0 Å². The van der Waals surface area contributed by atoms with Crippen molar-refractivity contribution in [2.24, 2.45) is 7.05 Å². The highest BCUT2D eigenvalue weighted by Crippen LogP contribution is 2.28. The van der Waals surface area contributed by atoms with Gasteiger partial charge in [-0.2, -0.15) is 0 Å². The molecule has 1 heterocycles. The molecular formula is C16H13ClN2O5S2. The first-order valence-electron chi connectivity index (χ1n) is 7.23. The molecule has 136 valence electrons. The van der Waals surface area contributed by atoms with Crippen LogP contribution in [0.1, 0.15) is 10.4 Å². The number of aryl methyl sites for hydroxylation is 1. The molecule has 0 amide bonds. The van der Waals surface area contributed by atoms with E-state index in [2.05, 4.69) is 9.46 Å². The molecule has 0 bridgehead atoms. The Labute approximate surface area is 157 Å². The van der Waals surface area contributed by atoms with Crippen LogP contribution in [0.4, 0.5) is 5.69 Å². The predicted molar refractivity (Wildman–Crippen MR) is 101 cm³/mol. The van der Waals surface area contributed by atoms with Crippen molar-refractivity contribution in [2.45, 2.75) is 4.90 Å². The van der Waals surface area contributed by atoms with E-state index in [-0.39, 0.29) is 26.0 Å². The molecule has 0 atom stereocenters. The summed E-state index contributed by atoms with van der Waals surface area (Å²) in [7, 11) is -1.13. The van der Waals surface area contributed by atoms with Gasteiger partial charge in [0.1, 0.15) is 0 Å². The van der Waals surface area contributed by atoms with Crippen molar-refractivity contribution in [1.29, 1.82) is 0 Å². The minimum Gasteiger partial charge on any atom is -0.465 e. The second-order valence-electron chi connectivity index (χ2n) is 5.35. The fourth-order valence-corrected chi connectivity index (χ4v) is 4.64. The second-order valence-corrected chi connectivity index (χ2v) is 8.43. The van der Waals surface area contributed by atoms with Gasteiger partial charge in [-0.1, -0.05) is 22.9 Å². The van der Waals surface area contributed by atoms with Crippen molar-refractivity contribution in [3.8, 4) is 0 Å². The third kappa shape index (κ3) is 3.33. The molecule has 0 aliphatic carbocycles. The maximum Gasteiger partial charge on any atom is 0.337 e. The first-order chi connectivity index (χ1) is 12.2. The van der Waals surface area contributed by atoms with E-state index in [9.17, 15) is 18.0 Å². The van der Waals surface area contributed by atoms with Gasteiger partial charge in [0.15, 0.2) is 0 Å². The number of sulfonamides is 1. The van der Waals surface area contributed by atoms with Crippen molar-refractivity contribution < 1.29 is 17.9 Å². The summed E-state index contributed by atoms with van der Waals surface area (Å²) in [5.74, 6) is -0.613. The molecule has 0 spiro atoms. The summed E-state index contributed by atoms with van der Waals surface area (Å²) in [5, 5.41) is 0.131. The topological polar surface area (TPSA) is 94.5 Å². The van der Waals surface area contributed by atoms with E-state index in [1.54, 1.807) is 13.1 Å². The zero-order chi connectivity index (χ0) is 19.1. The number of hydrogen-bond acceptors (Lipinski definition) is 6. The van der Waals surface area contributed by atoms with Crippen LogP contribution in [0.15, 0.2) is 46.1 Å². The molecule has 0 saturated carbocycles. The lowest BCUT2D eigenvalue weighted by Crippen LogP contribution is -2.14. The fourth-order valence-electron chi connectivity index (χ4n) is 2.33. The van der Waals surface area contributed by atoms with Gasteiger partial charge in [0.25, 0.3) is 10.0 Å². The van der Waals surface area contributed by atoms with Crippen LogP contribution >= 0.6 is 22.9 Å². The Morgan fingerprint density at radius 3 is 2.65 bits per heavy atom. The molecule has 0 aliphatic heterocycles. The minimum absolute atomic E-state index is 0.0219. The number of carbonyl (C=O) groups excluding carboxylic acids is 1. The van der Waals surface area contributed by atoms with Crippen LogP contribution in [0.5, 0.6) is 0 Å². The van der Waals surface area contributed by atoms with Crippen molar-refractivity contribution >= 4 is 54.8 Å². The average Bonchev–Trinajstić information content (AvgIpc) is 2.89. The summed E-state index contributed by atoms with van der Waals surface area (Å²) in [4.78, 5) is 23.1. The monoisotopic (exact) mass is 412 g/mol. The maximum atomic E-state index is 12.7. The highest BCUT2D eigenvalue weighted by Gasteiger charge is 2.19. The normalized spacial score (nSPS) is 11.5. The number of carbonyl (C=O) groups is 1. The van der Waals surface area contributed by atoms with E-state index >= 15 is 0 Å². The summed E-state index contributed by atoms with van der Waals surface area (Å²) in [5.41, 5.74) is 0.854. The minimum atomic E-state index is -3.97. The Morgan fingerprint density at radius 2 is 1.96 bits per heavy atom. The SMILES string of the molecule is COC(=O)c1ccc(Cl)c(NS(=O)(=O)c2ccc3c(c2)sc(=O)n3C)c1. The first kappa shape index (κ1) is 18.4. The van der Waals surface area contributed by atoms with Gasteiger partial charge in [-0.05, 0) is 36.4 Å². The number of anilines is 1. The molecule has 2 aromatic carbocycles. The number of esters is 1. The van der Waals surface area contributed by atoms with Crippen LogP contribution in [0.2, 0.25) is 5.02 Å². The van der Waals surface area contributed by atoms with Gasteiger partial charge in [0, 0.05) is 7.05 Å². The van der Waals surface area contributed by atoms with Crippen LogP contribution in [-0.2, 0) is 21.8 Å². The number of fused-ring (bicyclic) bond motifs is 1. The van der Waals surface area contributed by atoms with Gasteiger partial charge in [-0.25, -0.2) is 13.2 Å². The van der Waals surface area contributed by atoms with E-state index < -0.39 is 16.0 Å². The molecule has 0 saturated heterocycles. The van der Waals surface area contributed by atoms with Crippen LogP contribution < -0.4 is 9.60 Å². The fraction of sp³-hybridized carbons (Fsp3) is 0.125. The Bertz CT molecular complexity index is 1180. The molecule has 0 fully saturated rings. The number of methoxy groups -OCH3 is 1. The Balaban J connectivity index is 2.01. The molecule has 0 unspecified atom stereocenters. The Hall–Kier alpha value is -2.36. The number of halogens is 1. The number of ether oxygens (including phenoxy) is 1. The standard InChI is InChI=1S/C16H13ClN2O5S2/c1-19-13-6-4-10(8-14(13)25-16(19)21)26(22,23)18-12-7-9(15(20)24-2)3-5-11(12)17/h3-8,18H,1-2H3. The molecule has 1 N–H and O–H groups in total. The van der Waals surface area contributed by atoms with Gasteiger partial charge >= 0.3 is 10.8 Å². The largest absolute Gasteiger partial charge is 0.465 e. The van der Waals surface area contributed by atoms with E-state index in [0.717, 1.165) is 11.3 Å². The highest BCUT2D eigenvalue weighted by atomic mass is 35.5. The number of nitrogens with one attached hydrogen (secondary N) is 1. The molecule has 0 aliphatic rings. The van der Waals surface area contributed by atoms with Gasteiger partial charge in [0.05, 0.1) is 38.5 Å².